The Balaban J connectivity index is 1.64. The van der Waals surface area contributed by atoms with Crippen LogP contribution in [0.3, 0.4) is 0 Å². The molecule has 2 aromatic heterocycles. The molecule has 0 saturated carbocycles. The number of nitrogens with zero attached hydrogens (tertiary/aromatic N) is 4. The van der Waals surface area contributed by atoms with Gasteiger partial charge in [-0.25, -0.2) is 14.4 Å². The smallest absolute Gasteiger partial charge is 0.126 e. The maximum absolute atomic E-state index is 13.6. The predicted octanol–water partition coefficient (Wildman–Crippen LogP) is 5.69. The first kappa shape index (κ1) is 22.2. The van der Waals surface area contributed by atoms with E-state index in [0.29, 0.717) is 11.6 Å². The summed E-state index contributed by atoms with van der Waals surface area (Å²) < 4.78 is 15.6. The van der Waals surface area contributed by atoms with Gasteiger partial charge in [0.1, 0.15) is 11.6 Å². The third-order valence-corrected chi connectivity index (χ3v) is 6.24. The van der Waals surface area contributed by atoms with Crippen molar-refractivity contribution in [2.75, 3.05) is 26.0 Å². The van der Waals surface area contributed by atoms with Crippen LogP contribution in [0.4, 0.5) is 10.2 Å². The number of halogens is 2. The van der Waals surface area contributed by atoms with Crippen molar-refractivity contribution in [2.24, 2.45) is 0 Å². The number of nitrogens with one attached hydrogen (secondary N) is 1. The van der Waals surface area contributed by atoms with Gasteiger partial charge in [-0.1, -0.05) is 29.8 Å². The Morgan fingerprint density at radius 3 is 2.66 bits per heavy atom. The number of fused-ring (bicyclic) bond motifs is 1. The van der Waals surface area contributed by atoms with Crippen LogP contribution in [0.25, 0.3) is 22.2 Å². The maximum atomic E-state index is 13.6. The fourth-order valence-electron chi connectivity index (χ4n) is 3.40. The van der Waals surface area contributed by atoms with Crippen LogP contribution in [-0.2, 0) is 6.54 Å². The van der Waals surface area contributed by atoms with Gasteiger partial charge < -0.3 is 14.8 Å². The van der Waals surface area contributed by atoms with E-state index in [-0.39, 0.29) is 11.4 Å². The Hall–Kier alpha value is -2.96. The molecule has 5 nitrogen and oxygen atoms in total. The minimum absolute atomic E-state index is 0.0240. The molecule has 0 aliphatic carbocycles. The van der Waals surface area contributed by atoms with Gasteiger partial charge in [-0.3, -0.25) is 0 Å². The van der Waals surface area contributed by atoms with Crippen LogP contribution in [0, 0.1) is 5.82 Å². The highest BCUT2D eigenvalue weighted by Gasteiger charge is 2.20. The summed E-state index contributed by atoms with van der Waals surface area (Å²) in [5, 5.41) is 4.00. The average molecular weight is 452 g/mol. The first-order valence-corrected chi connectivity index (χ1v) is 10.9. The highest BCUT2D eigenvalue weighted by atomic mass is 35.5. The molecule has 1 N–H and O–H groups in total. The summed E-state index contributed by atoms with van der Waals surface area (Å²) >= 11 is 6.52. The molecule has 0 saturated heterocycles. The molecule has 0 bridgehead atoms. The van der Waals surface area contributed by atoms with Gasteiger partial charge in [0.15, 0.2) is 0 Å². The average Bonchev–Trinajstić information content (AvgIpc) is 3.15. The number of aromatic nitrogens is 3. The van der Waals surface area contributed by atoms with E-state index in [1.165, 1.54) is 6.07 Å². The lowest BCUT2D eigenvalue weighted by atomic mass is 10.0. The minimum Gasteiger partial charge on any atom is -0.368 e. The molecule has 0 atom stereocenters. The fraction of sp³-hybridized carbons (Fsp3) is 0.280. The Bertz CT molecular complexity index is 1250. The molecular weight excluding hydrogens is 425 g/mol. The Morgan fingerprint density at radius 1 is 1.09 bits per heavy atom. The third-order valence-electron chi connectivity index (χ3n) is 5.94. The second-order valence-corrected chi connectivity index (χ2v) is 9.22. The van der Waals surface area contributed by atoms with E-state index in [1.54, 1.807) is 24.7 Å². The molecule has 2 heterocycles. The van der Waals surface area contributed by atoms with Crippen molar-refractivity contribution in [3.63, 3.8) is 0 Å². The van der Waals surface area contributed by atoms with Crippen LogP contribution in [0.5, 0.6) is 0 Å². The summed E-state index contributed by atoms with van der Waals surface area (Å²) in [6.45, 7) is 5.62. The van der Waals surface area contributed by atoms with E-state index in [0.717, 1.165) is 40.1 Å². The first-order chi connectivity index (χ1) is 15.2. The SMILES string of the molecule is CN(C)C(C)(C)CNc1cc(-c2ccc3ncn(Cc4cccc(F)c4)c3c2)c(Cl)cn1. The van der Waals surface area contributed by atoms with Gasteiger partial charge in [-0.2, -0.15) is 0 Å². The summed E-state index contributed by atoms with van der Waals surface area (Å²) in [6.07, 6.45) is 3.46. The molecule has 4 rings (SSSR count). The van der Waals surface area contributed by atoms with Crippen molar-refractivity contribution >= 4 is 28.5 Å². The van der Waals surface area contributed by atoms with E-state index >= 15 is 0 Å². The van der Waals surface area contributed by atoms with Crippen LogP contribution in [0.15, 0.2) is 61.1 Å². The molecule has 32 heavy (non-hydrogen) atoms. The molecular formula is C25H27ClFN5. The molecule has 0 aliphatic heterocycles. The fourth-order valence-corrected chi connectivity index (χ4v) is 3.62. The Morgan fingerprint density at radius 2 is 1.91 bits per heavy atom. The van der Waals surface area contributed by atoms with Gasteiger partial charge in [0, 0.05) is 30.4 Å². The standard InChI is InChI=1S/C25H27ClFN5/c1-25(2,31(3)4)15-29-24-12-20(21(26)13-28-24)18-8-9-22-23(11-18)32(16-30-22)14-17-6-5-7-19(27)10-17/h5-13,16H,14-15H2,1-4H3,(H,28,29). The number of likely N-dealkylation sites (N-methyl/N-ethyl adjacent to an activating group) is 1. The Labute approximate surface area is 192 Å². The lowest BCUT2D eigenvalue weighted by molar-refractivity contribution is 0.210. The van der Waals surface area contributed by atoms with Crippen LogP contribution >= 0.6 is 11.6 Å². The molecule has 0 fully saturated rings. The second kappa shape index (κ2) is 8.88. The molecule has 0 spiro atoms. The predicted molar refractivity (Wildman–Crippen MR) is 130 cm³/mol. The molecule has 4 aromatic rings. The zero-order chi connectivity index (χ0) is 22.9. The Kier molecular flexibility index (Phi) is 6.17. The van der Waals surface area contributed by atoms with E-state index in [1.807, 2.05) is 28.8 Å². The number of rotatable bonds is 7. The van der Waals surface area contributed by atoms with Gasteiger partial charge in [-0.15, -0.1) is 0 Å². The van der Waals surface area contributed by atoms with Crippen molar-refractivity contribution in [3.05, 3.63) is 77.5 Å². The number of pyridine rings is 1. The van der Waals surface area contributed by atoms with E-state index in [9.17, 15) is 4.39 Å². The van der Waals surface area contributed by atoms with Crippen LogP contribution < -0.4 is 5.32 Å². The molecule has 0 unspecified atom stereocenters. The molecule has 166 valence electrons. The number of hydrogen-bond acceptors (Lipinski definition) is 4. The molecule has 0 radical (unpaired) electrons. The second-order valence-electron chi connectivity index (χ2n) is 8.82. The van der Waals surface area contributed by atoms with Gasteiger partial charge in [-0.05, 0) is 69.4 Å². The van der Waals surface area contributed by atoms with E-state index in [2.05, 4.69) is 54.2 Å². The van der Waals surface area contributed by atoms with Crippen molar-refractivity contribution in [1.82, 2.24) is 19.4 Å². The molecule has 2 aromatic carbocycles. The summed E-state index contributed by atoms with van der Waals surface area (Å²) in [5.41, 5.74) is 4.56. The van der Waals surface area contributed by atoms with E-state index in [4.69, 9.17) is 11.6 Å². The highest BCUT2D eigenvalue weighted by Crippen LogP contribution is 2.31. The molecule has 7 heteroatoms. The summed E-state index contributed by atoms with van der Waals surface area (Å²) in [5.74, 6) is 0.529. The third kappa shape index (κ3) is 4.76. The maximum Gasteiger partial charge on any atom is 0.126 e. The first-order valence-electron chi connectivity index (χ1n) is 10.5. The number of imidazole rings is 1. The van der Waals surface area contributed by atoms with Crippen molar-refractivity contribution in [2.45, 2.75) is 25.9 Å². The zero-order valence-electron chi connectivity index (χ0n) is 18.7. The van der Waals surface area contributed by atoms with Crippen molar-refractivity contribution in [3.8, 4) is 11.1 Å². The largest absolute Gasteiger partial charge is 0.368 e. The van der Waals surface area contributed by atoms with Crippen molar-refractivity contribution < 1.29 is 4.39 Å². The van der Waals surface area contributed by atoms with Gasteiger partial charge in [0.05, 0.1) is 22.4 Å². The summed E-state index contributed by atoms with van der Waals surface area (Å²) in [7, 11) is 4.12. The zero-order valence-corrected chi connectivity index (χ0v) is 19.5. The topological polar surface area (TPSA) is 46.0 Å². The summed E-state index contributed by atoms with van der Waals surface area (Å²) in [4.78, 5) is 11.1. The number of benzene rings is 2. The van der Waals surface area contributed by atoms with Gasteiger partial charge >= 0.3 is 0 Å². The van der Waals surface area contributed by atoms with Gasteiger partial charge in [0.25, 0.3) is 0 Å². The summed E-state index contributed by atoms with van der Waals surface area (Å²) in [6, 6.07) is 14.7. The van der Waals surface area contributed by atoms with Crippen LogP contribution in [0.1, 0.15) is 19.4 Å². The lowest BCUT2D eigenvalue weighted by Crippen LogP contribution is -2.44. The van der Waals surface area contributed by atoms with Crippen LogP contribution in [0.2, 0.25) is 5.02 Å². The molecule has 0 aliphatic rings. The number of hydrogen-bond donors (Lipinski definition) is 1. The number of anilines is 1. The lowest BCUT2D eigenvalue weighted by Gasteiger charge is -2.32. The molecule has 0 amide bonds. The minimum atomic E-state index is -0.242. The van der Waals surface area contributed by atoms with Crippen LogP contribution in [-0.4, -0.2) is 45.6 Å². The monoisotopic (exact) mass is 451 g/mol. The van der Waals surface area contributed by atoms with E-state index < -0.39 is 0 Å². The normalized spacial score (nSPS) is 12.0. The van der Waals surface area contributed by atoms with Gasteiger partial charge in [0.2, 0.25) is 0 Å². The highest BCUT2D eigenvalue weighted by molar-refractivity contribution is 6.33. The quantitative estimate of drug-likeness (QED) is 0.392. The van der Waals surface area contributed by atoms with Crippen molar-refractivity contribution in [1.29, 1.82) is 0 Å².